The summed E-state index contributed by atoms with van der Waals surface area (Å²) >= 11 is 0. The molecule has 4 nitrogen and oxygen atoms in total. The van der Waals surface area contributed by atoms with Crippen LogP contribution in [0, 0.1) is 0 Å². The number of likely N-dealkylation sites (tertiary alicyclic amines) is 1. The van der Waals surface area contributed by atoms with Gasteiger partial charge in [0.15, 0.2) is 0 Å². The Balaban J connectivity index is 2.15. The fraction of sp³-hybridized carbons (Fsp3) is 0.647. The van der Waals surface area contributed by atoms with Crippen molar-refractivity contribution in [3.63, 3.8) is 0 Å². The summed E-state index contributed by atoms with van der Waals surface area (Å²) in [7, 11) is 1.74. The fourth-order valence-corrected chi connectivity index (χ4v) is 3.24. The van der Waals surface area contributed by atoms with Crippen LogP contribution in [0.5, 0.6) is 0 Å². The summed E-state index contributed by atoms with van der Waals surface area (Å²) in [5.74, 6) is 0. The maximum atomic E-state index is 6.10. The Morgan fingerprint density at radius 2 is 2.19 bits per heavy atom. The molecule has 0 radical (unpaired) electrons. The first-order valence-corrected chi connectivity index (χ1v) is 7.92. The number of piperidine rings is 1. The monoisotopic (exact) mass is 292 g/mol. The molecular weight excluding hydrogens is 264 g/mol. The lowest BCUT2D eigenvalue weighted by Crippen LogP contribution is -2.44. The first-order valence-electron chi connectivity index (χ1n) is 7.92. The summed E-state index contributed by atoms with van der Waals surface area (Å²) in [6.45, 7) is 6.16. The van der Waals surface area contributed by atoms with Gasteiger partial charge in [0, 0.05) is 32.8 Å². The summed E-state index contributed by atoms with van der Waals surface area (Å²) in [6, 6.07) is 8.70. The van der Waals surface area contributed by atoms with Gasteiger partial charge in [0.25, 0.3) is 0 Å². The van der Waals surface area contributed by atoms with Crippen LogP contribution in [0.3, 0.4) is 0 Å². The standard InChI is InChI=1S/C17H28N2O2/c1-3-21-15-8-6-10-19(12-15)17(11-18)16-9-5-4-7-14(16)13-20-2/h4-5,7,9,15,17H,3,6,8,10-13,18H2,1-2H3. The Labute approximate surface area is 128 Å². The Morgan fingerprint density at radius 1 is 1.38 bits per heavy atom. The van der Waals surface area contributed by atoms with E-state index < -0.39 is 0 Å². The van der Waals surface area contributed by atoms with Gasteiger partial charge in [-0.25, -0.2) is 0 Å². The molecule has 21 heavy (non-hydrogen) atoms. The number of nitrogens with zero attached hydrogens (tertiary/aromatic N) is 1. The van der Waals surface area contributed by atoms with Gasteiger partial charge in [-0.2, -0.15) is 0 Å². The van der Waals surface area contributed by atoms with Crippen LogP contribution in [-0.4, -0.2) is 44.4 Å². The molecule has 1 aromatic rings. The van der Waals surface area contributed by atoms with E-state index in [9.17, 15) is 0 Å². The molecule has 2 rings (SSSR count). The van der Waals surface area contributed by atoms with E-state index in [1.165, 1.54) is 17.5 Å². The molecule has 0 bridgehead atoms. The predicted octanol–water partition coefficient (Wildman–Crippen LogP) is 2.33. The van der Waals surface area contributed by atoms with Gasteiger partial charge in [-0.3, -0.25) is 4.90 Å². The zero-order chi connectivity index (χ0) is 15.1. The van der Waals surface area contributed by atoms with Gasteiger partial charge in [0.1, 0.15) is 0 Å². The molecule has 0 spiro atoms. The van der Waals surface area contributed by atoms with E-state index in [-0.39, 0.29) is 6.04 Å². The third-order valence-corrected chi connectivity index (χ3v) is 4.19. The van der Waals surface area contributed by atoms with Crippen LogP contribution in [0.15, 0.2) is 24.3 Å². The molecule has 1 aliphatic rings. The highest BCUT2D eigenvalue weighted by Gasteiger charge is 2.27. The van der Waals surface area contributed by atoms with Crippen LogP contribution >= 0.6 is 0 Å². The summed E-state index contributed by atoms with van der Waals surface area (Å²) in [5, 5.41) is 0. The average Bonchev–Trinajstić information content (AvgIpc) is 2.51. The van der Waals surface area contributed by atoms with Crippen LogP contribution in [0.4, 0.5) is 0 Å². The number of methoxy groups -OCH3 is 1. The maximum absolute atomic E-state index is 6.10. The van der Waals surface area contributed by atoms with Crippen molar-refractivity contribution in [2.24, 2.45) is 5.73 Å². The van der Waals surface area contributed by atoms with Gasteiger partial charge < -0.3 is 15.2 Å². The molecular formula is C17H28N2O2. The third-order valence-electron chi connectivity index (χ3n) is 4.19. The molecule has 0 aliphatic carbocycles. The van der Waals surface area contributed by atoms with Crippen molar-refractivity contribution >= 4 is 0 Å². The molecule has 118 valence electrons. The van der Waals surface area contributed by atoms with Crippen molar-refractivity contribution in [3.8, 4) is 0 Å². The Morgan fingerprint density at radius 3 is 2.90 bits per heavy atom. The molecule has 1 saturated heterocycles. The number of hydrogen-bond donors (Lipinski definition) is 1. The van der Waals surface area contributed by atoms with E-state index in [2.05, 4.69) is 36.1 Å². The average molecular weight is 292 g/mol. The van der Waals surface area contributed by atoms with Crippen LogP contribution in [0.1, 0.15) is 36.9 Å². The molecule has 1 heterocycles. The number of nitrogens with two attached hydrogens (primary N) is 1. The zero-order valence-corrected chi connectivity index (χ0v) is 13.3. The van der Waals surface area contributed by atoms with Crippen molar-refractivity contribution < 1.29 is 9.47 Å². The number of benzene rings is 1. The van der Waals surface area contributed by atoms with Gasteiger partial charge in [-0.05, 0) is 37.4 Å². The lowest BCUT2D eigenvalue weighted by atomic mass is 9.96. The molecule has 0 aromatic heterocycles. The SMILES string of the molecule is CCOC1CCCN(C(CN)c2ccccc2COC)C1. The highest BCUT2D eigenvalue weighted by atomic mass is 16.5. The van der Waals surface area contributed by atoms with E-state index in [0.717, 1.165) is 26.1 Å². The van der Waals surface area contributed by atoms with E-state index >= 15 is 0 Å². The van der Waals surface area contributed by atoms with E-state index in [0.29, 0.717) is 19.3 Å². The second-order valence-electron chi connectivity index (χ2n) is 5.60. The first-order chi connectivity index (χ1) is 10.3. The predicted molar refractivity (Wildman–Crippen MR) is 85.2 cm³/mol. The minimum absolute atomic E-state index is 0.250. The Hall–Kier alpha value is -0.940. The van der Waals surface area contributed by atoms with Crippen molar-refractivity contribution in [1.29, 1.82) is 0 Å². The first kappa shape index (κ1) is 16.4. The van der Waals surface area contributed by atoms with Crippen molar-refractivity contribution in [1.82, 2.24) is 4.90 Å². The zero-order valence-electron chi connectivity index (χ0n) is 13.3. The van der Waals surface area contributed by atoms with Crippen LogP contribution in [0.2, 0.25) is 0 Å². The van der Waals surface area contributed by atoms with Gasteiger partial charge >= 0.3 is 0 Å². The number of ether oxygens (including phenoxy) is 2. The highest BCUT2D eigenvalue weighted by molar-refractivity contribution is 5.30. The fourth-order valence-electron chi connectivity index (χ4n) is 3.24. The molecule has 0 saturated carbocycles. The molecule has 4 heteroatoms. The number of rotatable bonds is 7. The summed E-state index contributed by atoms with van der Waals surface area (Å²) in [4.78, 5) is 2.47. The van der Waals surface area contributed by atoms with Gasteiger partial charge in [0.05, 0.1) is 12.7 Å². The maximum Gasteiger partial charge on any atom is 0.0716 e. The van der Waals surface area contributed by atoms with Gasteiger partial charge in [-0.1, -0.05) is 24.3 Å². The van der Waals surface area contributed by atoms with Crippen LogP contribution in [-0.2, 0) is 16.1 Å². The Bertz CT molecular complexity index is 423. The third kappa shape index (κ3) is 4.27. The summed E-state index contributed by atoms with van der Waals surface area (Å²) < 4.78 is 11.1. The lowest BCUT2D eigenvalue weighted by molar-refractivity contribution is -0.00686. The lowest BCUT2D eigenvalue weighted by Gasteiger charge is -2.38. The van der Waals surface area contributed by atoms with Crippen molar-refractivity contribution in [2.45, 2.75) is 38.5 Å². The Kier molecular flexibility index (Phi) is 6.64. The summed E-state index contributed by atoms with van der Waals surface area (Å²) in [5.41, 5.74) is 8.62. The second-order valence-corrected chi connectivity index (χ2v) is 5.60. The molecule has 0 amide bonds. The van der Waals surface area contributed by atoms with Crippen molar-refractivity contribution in [3.05, 3.63) is 35.4 Å². The quantitative estimate of drug-likeness (QED) is 0.838. The summed E-state index contributed by atoms with van der Waals surface area (Å²) in [6.07, 6.45) is 2.67. The van der Waals surface area contributed by atoms with Crippen LogP contribution < -0.4 is 5.73 Å². The normalized spacial score (nSPS) is 21.4. The smallest absolute Gasteiger partial charge is 0.0716 e. The molecule has 2 atom stereocenters. The minimum Gasteiger partial charge on any atom is -0.380 e. The van der Waals surface area contributed by atoms with Gasteiger partial charge in [-0.15, -0.1) is 0 Å². The van der Waals surface area contributed by atoms with E-state index in [4.69, 9.17) is 15.2 Å². The number of hydrogen-bond acceptors (Lipinski definition) is 4. The van der Waals surface area contributed by atoms with Crippen molar-refractivity contribution in [2.75, 3.05) is 33.4 Å². The topological polar surface area (TPSA) is 47.7 Å². The molecule has 2 N–H and O–H groups in total. The molecule has 1 aliphatic heterocycles. The van der Waals surface area contributed by atoms with E-state index in [1.807, 2.05) is 0 Å². The minimum atomic E-state index is 0.250. The largest absolute Gasteiger partial charge is 0.380 e. The molecule has 1 aromatic carbocycles. The van der Waals surface area contributed by atoms with Gasteiger partial charge in [0.2, 0.25) is 0 Å². The molecule has 1 fully saturated rings. The highest BCUT2D eigenvalue weighted by Crippen LogP contribution is 2.27. The van der Waals surface area contributed by atoms with Crippen LogP contribution in [0.25, 0.3) is 0 Å². The second kappa shape index (κ2) is 8.49. The van der Waals surface area contributed by atoms with E-state index in [1.54, 1.807) is 7.11 Å². The molecule has 2 unspecified atom stereocenters.